The molecule has 0 bridgehead atoms. The molecular formula is C16H22ClN3O3. The quantitative estimate of drug-likeness (QED) is 0.809. The highest BCUT2D eigenvalue weighted by Crippen LogP contribution is 2.19. The summed E-state index contributed by atoms with van der Waals surface area (Å²) >= 11 is 5.83. The summed E-state index contributed by atoms with van der Waals surface area (Å²) in [5.41, 5.74) is 0.686. The molecule has 0 aliphatic carbocycles. The molecule has 1 aliphatic heterocycles. The molecule has 0 saturated carbocycles. The van der Waals surface area contributed by atoms with E-state index in [1.54, 1.807) is 36.3 Å². The van der Waals surface area contributed by atoms with E-state index in [9.17, 15) is 9.59 Å². The average molecular weight is 340 g/mol. The highest BCUT2D eigenvalue weighted by atomic mass is 35.5. The van der Waals surface area contributed by atoms with E-state index in [0.717, 1.165) is 12.8 Å². The maximum atomic E-state index is 12.3. The van der Waals surface area contributed by atoms with Gasteiger partial charge in [0.25, 0.3) is 0 Å². The number of urea groups is 1. The molecule has 0 aromatic heterocycles. The number of ether oxygens (including phenoxy) is 1. The number of hydrogen-bond donors (Lipinski definition) is 2. The van der Waals surface area contributed by atoms with E-state index in [0.29, 0.717) is 37.0 Å². The van der Waals surface area contributed by atoms with Gasteiger partial charge in [-0.15, -0.1) is 0 Å². The zero-order valence-corrected chi connectivity index (χ0v) is 13.9. The first-order valence-corrected chi connectivity index (χ1v) is 8.06. The number of anilines is 1. The Morgan fingerprint density at radius 1 is 1.35 bits per heavy atom. The van der Waals surface area contributed by atoms with E-state index in [1.165, 1.54) is 0 Å². The van der Waals surface area contributed by atoms with Gasteiger partial charge in [0.15, 0.2) is 0 Å². The lowest BCUT2D eigenvalue weighted by atomic mass is 9.97. The Hall–Kier alpha value is -1.79. The van der Waals surface area contributed by atoms with Gasteiger partial charge >= 0.3 is 6.03 Å². The van der Waals surface area contributed by atoms with Gasteiger partial charge in [0, 0.05) is 37.5 Å². The molecule has 1 aliphatic rings. The molecule has 126 valence electrons. The van der Waals surface area contributed by atoms with Crippen LogP contribution in [0.2, 0.25) is 5.02 Å². The SMILES string of the molecule is COCCNC(=O)[C@H]1CCCN(C(=O)Nc2ccc(Cl)cc2)C1. The zero-order chi connectivity index (χ0) is 16.7. The van der Waals surface area contributed by atoms with Gasteiger partial charge in [0.2, 0.25) is 5.91 Å². The molecule has 1 saturated heterocycles. The van der Waals surface area contributed by atoms with Crippen LogP contribution in [0.4, 0.5) is 10.5 Å². The second-order valence-electron chi connectivity index (χ2n) is 5.51. The van der Waals surface area contributed by atoms with E-state index in [-0.39, 0.29) is 17.9 Å². The van der Waals surface area contributed by atoms with E-state index >= 15 is 0 Å². The molecule has 6 nitrogen and oxygen atoms in total. The third-order valence-electron chi connectivity index (χ3n) is 3.78. The Morgan fingerprint density at radius 3 is 2.78 bits per heavy atom. The Labute approximate surface area is 141 Å². The molecule has 3 amide bonds. The molecule has 7 heteroatoms. The second-order valence-corrected chi connectivity index (χ2v) is 5.94. The molecule has 0 spiro atoms. The number of benzene rings is 1. The van der Waals surface area contributed by atoms with Crippen molar-refractivity contribution in [3.63, 3.8) is 0 Å². The Balaban J connectivity index is 1.85. The minimum absolute atomic E-state index is 0.0222. The summed E-state index contributed by atoms with van der Waals surface area (Å²) in [4.78, 5) is 26.1. The zero-order valence-electron chi connectivity index (χ0n) is 13.2. The van der Waals surface area contributed by atoms with Crippen LogP contribution in [-0.2, 0) is 9.53 Å². The number of carbonyl (C=O) groups is 2. The maximum Gasteiger partial charge on any atom is 0.321 e. The summed E-state index contributed by atoms with van der Waals surface area (Å²) in [5.74, 6) is -0.192. The molecular weight excluding hydrogens is 318 g/mol. The number of likely N-dealkylation sites (tertiary alicyclic amines) is 1. The number of methoxy groups -OCH3 is 1. The van der Waals surface area contributed by atoms with Gasteiger partial charge < -0.3 is 20.3 Å². The summed E-state index contributed by atoms with van der Waals surface area (Å²) in [6, 6.07) is 6.75. The fraction of sp³-hybridized carbons (Fsp3) is 0.500. The van der Waals surface area contributed by atoms with E-state index < -0.39 is 0 Å². The fourth-order valence-corrected chi connectivity index (χ4v) is 2.66. The van der Waals surface area contributed by atoms with Crippen LogP contribution in [0, 0.1) is 5.92 Å². The molecule has 1 aromatic carbocycles. The van der Waals surface area contributed by atoms with Crippen LogP contribution in [0.25, 0.3) is 0 Å². The number of nitrogens with zero attached hydrogens (tertiary/aromatic N) is 1. The standard InChI is InChI=1S/C16H22ClN3O3/c1-23-10-8-18-15(21)12-3-2-9-20(11-12)16(22)19-14-6-4-13(17)5-7-14/h4-7,12H,2-3,8-11H2,1H3,(H,18,21)(H,19,22)/t12-/m0/s1. The van der Waals surface area contributed by atoms with Crippen molar-refractivity contribution < 1.29 is 14.3 Å². The van der Waals surface area contributed by atoms with Crippen molar-refractivity contribution in [1.82, 2.24) is 10.2 Å². The molecule has 1 atom stereocenters. The van der Waals surface area contributed by atoms with E-state index in [1.807, 2.05) is 0 Å². The summed E-state index contributed by atoms with van der Waals surface area (Å²) in [5, 5.41) is 6.28. The first kappa shape index (κ1) is 17.6. The van der Waals surface area contributed by atoms with Crippen LogP contribution < -0.4 is 10.6 Å². The molecule has 2 N–H and O–H groups in total. The predicted octanol–water partition coefficient (Wildman–Crippen LogP) is 2.35. The molecule has 1 aromatic rings. The van der Waals surface area contributed by atoms with Crippen LogP contribution in [0.1, 0.15) is 12.8 Å². The van der Waals surface area contributed by atoms with Gasteiger partial charge in [0.05, 0.1) is 12.5 Å². The minimum Gasteiger partial charge on any atom is -0.383 e. The third kappa shape index (κ3) is 5.41. The lowest BCUT2D eigenvalue weighted by Crippen LogP contribution is -2.47. The van der Waals surface area contributed by atoms with Gasteiger partial charge in [-0.05, 0) is 37.1 Å². The maximum absolute atomic E-state index is 12.3. The van der Waals surface area contributed by atoms with Crippen molar-refractivity contribution in [2.75, 3.05) is 38.7 Å². The van der Waals surface area contributed by atoms with Crippen molar-refractivity contribution in [3.05, 3.63) is 29.3 Å². The van der Waals surface area contributed by atoms with Crippen molar-refractivity contribution >= 4 is 29.2 Å². The summed E-state index contributed by atoms with van der Waals surface area (Å²) in [6.45, 7) is 2.06. The number of hydrogen-bond acceptors (Lipinski definition) is 3. The predicted molar refractivity (Wildman–Crippen MR) is 89.7 cm³/mol. The minimum atomic E-state index is -0.193. The van der Waals surface area contributed by atoms with Gasteiger partial charge in [0.1, 0.15) is 0 Å². The van der Waals surface area contributed by atoms with Crippen LogP contribution >= 0.6 is 11.6 Å². The number of rotatable bonds is 5. The highest BCUT2D eigenvalue weighted by Gasteiger charge is 2.28. The summed E-state index contributed by atoms with van der Waals surface area (Å²) in [7, 11) is 1.59. The number of carbonyl (C=O) groups excluding carboxylic acids is 2. The van der Waals surface area contributed by atoms with Crippen LogP contribution in [-0.4, -0.2) is 50.2 Å². The molecule has 0 radical (unpaired) electrons. The smallest absolute Gasteiger partial charge is 0.321 e. The topological polar surface area (TPSA) is 70.7 Å². The van der Waals surface area contributed by atoms with Crippen molar-refractivity contribution in [2.45, 2.75) is 12.8 Å². The second kappa shape index (κ2) is 8.74. The highest BCUT2D eigenvalue weighted by molar-refractivity contribution is 6.30. The number of nitrogens with one attached hydrogen (secondary N) is 2. The first-order valence-electron chi connectivity index (χ1n) is 7.68. The Bertz CT molecular complexity index is 536. The summed E-state index contributed by atoms with van der Waals surface area (Å²) in [6.07, 6.45) is 1.61. The number of amides is 3. The van der Waals surface area contributed by atoms with Gasteiger partial charge in [-0.3, -0.25) is 4.79 Å². The van der Waals surface area contributed by atoms with Gasteiger partial charge in [-0.2, -0.15) is 0 Å². The van der Waals surface area contributed by atoms with Crippen LogP contribution in [0.15, 0.2) is 24.3 Å². The van der Waals surface area contributed by atoms with Gasteiger partial charge in [-0.25, -0.2) is 4.79 Å². The van der Waals surface area contributed by atoms with Crippen LogP contribution in [0.5, 0.6) is 0 Å². The van der Waals surface area contributed by atoms with E-state index in [4.69, 9.17) is 16.3 Å². The molecule has 23 heavy (non-hydrogen) atoms. The average Bonchev–Trinajstić information content (AvgIpc) is 2.57. The molecule has 2 rings (SSSR count). The molecule has 1 fully saturated rings. The fourth-order valence-electron chi connectivity index (χ4n) is 2.53. The lowest BCUT2D eigenvalue weighted by molar-refractivity contribution is -0.126. The van der Waals surface area contributed by atoms with Crippen molar-refractivity contribution in [3.8, 4) is 0 Å². The Morgan fingerprint density at radius 2 is 2.09 bits per heavy atom. The third-order valence-corrected chi connectivity index (χ3v) is 4.03. The number of halogens is 1. The van der Waals surface area contributed by atoms with Crippen molar-refractivity contribution in [1.29, 1.82) is 0 Å². The summed E-state index contributed by atoms with van der Waals surface area (Å²) < 4.78 is 4.92. The largest absolute Gasteiger partial charge is 0.383 e. The monoisotopic (exact) mass is 339 g/mol. The molecule has 0 unspecified atom stereocenters. The van der Waals surface area contributed by atoms with E-state index in [2.05, 4.69) is 10.6 Å². The lowest BCUT2D eigenvalue weighted by Gasteiger charge is -2.32. The van der Waals surface area contributed by atoms with Crippen molar-refractivity contribution in [2.24, 2.45) is 5.92 Å². The number of piperidine rings is 1. The normalized spacial score (nSPS) is 17.7. The Kier molecular flexibility index (Phi) is 6.67. The first-order chi connectivity index (χ1) is 11.1. The van der Waals surface area contributed by atoms with Gasteiger partial charge in [-0.1, -0.05) is 11.6 Å². The van der Waals surface area contributed by atoms with Crippen LogP contribution in [0.3, 0.4) is 0 Å². The molecule has 1 heterocycles.